The number of hydrogen-bond acceptors (Lipinski definition) is 5. The number of carbonyl (C=O) groups is 1. The zero-order valence-electron chi connectivity index (χ0n) is 12.3. The Hall–Kier alpha value is -2.53. The van der Waals surface area contributed by atoms with Gasteiger partial charge in [0.1, 0.15) is 17.2 Å². The van der Waals surface area contributed by atoms with Gasteiger partial charge in [-0.2, -0.15) is 0 Å². The summed E-state index contributed by atoms with van der Waals surface area (Å²) < 4.78 is 16.4. The number of carbonyl (C=O) groups excluding carboxylic acids is 1. The van der Waals surface area contributed by atoms with Crippen molar-refractivity contribution in [3.63, 3.8) is 0 Å². The molecule has 1 aliphatic rings. The predicted octanol–water partition coefficient (Wildman–Crippen LogP) is 2.73. The zero-order chi connectivity index (χ0) is 15.7. The summed E-state index contributed by atoms with van der Waals surface area (Å²) in [7, 11) is 3.07. The fourth-order valence-electron chi connectivity index (χ4n) is 2.57. The first kappa shape index (κ1) is 14.4. The maximum Gasteiger partial charge on any atom is 0.199 e. The van der Waals surface area contributed by atoms with E-state index in [-0.39, 0.29) is 11.5 Å². The van der Waals surface area contributed by atoms with E-state index in [9.17, 15) is 9.90 Å². The standard InChI is InChI=1S/C17H16O5/c1-20-12-6-3-10(4-7-12)16-17(21-2)15(19)13-8-5-11(18)9-14(13)22-16/h3-9,16-18H,1-2H3. The van der Waals surface area contributed by atoms with Gasteiger partial charge in [0, 0.05) is 13.2 Å². The average molecular weight is 300 g/mol. The molecule has 3 rings (SSSR count). The van der Waals surface area contributed by atoms with Crippen LogP contribution in [0.1, 0.15) is 22.0 Å². The minimum Gasteiger partial charge on any atom is -0.508 e. The van der Waals surface area contributed by atoms with Crippen molar-refractivity contribution in [3.8, 4) is 17.2 Å². The summed E-state index contributed by atoms with van der Waals surface area (Å²) in [5.74, 6) is 0.970. The number of methoxy groups -OCH3 is 2. The highest BCUT2D eigenvalue weighted by Crippen LogP contribution is 2.38. The lowest BCUT2D eigenvalue weighted by atomic mass is 9.93. The average Bonchev–Trinajstić information content (AvgIpc) is 2.54. The van der Waals surface area contributed by atoms with Crippen LogP contribution in [0.3, 0.4) is 0 Å². The molecule has 0 saturated heterocycles. The van der Waals surface area contributed by atoms with E-state index in [0.29, 0.717) is 11.3 Å². The fraction of sp³-hybridized carbons (Fsp3) is 0.235. The molecule has 5 heteroatoms. The van der Waals surface area contributed by atoms with E-state index in [4.69, 9.17) is 14.2 Å². The van der Waals surface area contributed by atoms with Crippen LogP contribution >= 0.6 is 0 Å². The molecule has 2 atom stereocenters. The molecule has 1 aliphatic heterocycles. The molecular weight excluding hydrogens is 284 g/mol. The number of ether oxygens (including phenoxy) is 3. The van der Waals surface area contributed by atoms with Gasteiger partial charge in [0.05, 0.1) is 12.7 Å². The highest BCUT2D eigenvalue weighted by Gasteiger charge is 2.38. The van der Waals surface area contributed by atoms with Crippen molar-refractivity contribution in [2.75, 3.05) is 14.2 Å². The van der Waals surface area contributed by atoms with Gasteiger partial charge in [-0.05, 0) is 29.8 Å². The number of ketones is 1. The summed E-state index contributed by atoms with van der Waals surface area (Å²) in [4.78, 5) is 12.6. The number of benzene rings is 2. The lowest BCUT2D eigenvalue weighted by Gasteiger charge is -2.31. The molecule has 1 N–H and O–H groups in total. The van der Waals surface area contributed by atoms with Crippen LogP contribution in [0.15, 0.2) is 42.5 Å². The quantitative estimate of drug-likeness (QED) is 0.944. The van der Waals surface area contributed by atoms with Crippen molar-refractivity contribution in [2.45, 2.75) is 12.2 Å². The van der Waals surface area contributed by atoms with Crippen LogP contribution in [-0.4, -0.2) is 31.2 Å². The number of phenols is 1. The molecule has 2 aromatic carbocycles. The summed E-state index contributed by atoms with van der Waals surface area (Å²) in [6, 6.07) is 11.7. The Morgan fingerprint density at radius 3 is 2.45 bits per heavy atom. The van der Waals surface area contributed by atoms with Crippen molar-refractivity contribution in [1.82, 2.24) is 0 Å². The molecule has 0 radical (unpaired) electrons. The van der Waals surface area contributed by atoms with Crippen LogP contribution in [0.5, 0.6) is 17.2 Å². The molecule has 22 heavy (non-hydrogen) atoms. The highest BCUT2D eigenvalue weighted by atomic mass is 16.5. The van der Waals surface area contributed by atoms with E-state index in [0.717, 1.165) is 11.3 Å². The van der Waals surface area contributed by atoms with Crippen molar-refractivity contribution >= 4 is 5.78 Å². The fourth-order valence-corrected chi connectivity index (χ4v) is 2.57. The van der Waals surface area contributed by atoms with Crippen LogP contribution in [0.2, 0.25) is 0 Å². The Morgan fingerprint density at radius 1 is 1.09 bits per heavy atom. The van der Waals surface area contributed by atoms with E-state index in [1.165, 1.54) is 19.2 Å². The number of hydrogen-bond donors (Lipinski definition) is 1. The molecule has 0 amide bonds. The molecule has 0 bridgehead atoms. The molecule has 1 heterocycles. The van der Waals surface area contributed by atoms with Gasteiger partial charge in [0.2, 0.25) is 0 Å². The van der Waals surface area contributed by atoms with Crippen LogP contribution in [0.4, 0.5) is 0 Å². The largest absolute Gasteiger partial charge is 0.508 e. The second-order valence-electron chi connectivity index (χ2n) is 5.01. The smallest absolute Gasteiger partial charge is 0.199 e. The Kier molecular flexibility index (Phi) is 3.73. The first-order chi connectivity index (χ1) is 10.6. The third-order valence-electron chi connectivity index (χ3n) is 3.72. The van der Waals surface area contributed by atoms with Gasteiger partial charge < -0.3 is 19.3 Å². The minimum atomic E-state index is -0.731. The normalized spacial score (nSPS) is 20.2. The van der Waals surface area contributed by atoms with E-state index in [1.54, 1.807) is 25.3 Å². The topological polar surface area (TPSA) is 65.0 Å². The molecule has 0 fully saturated rings. The van der Waals surface area contributed by atoms with E-state index in [2.05, 4.69) is 0 Å². The summed E-state index contributed by atoms with van der Waals surface area (Å²) >= 11 is 0. The first-order valence-corrected chi connectivity index (χ1v) is 6.84. The summed E-state index contributed by atoms with van der Waals surface area (Å²) in [5, 5.41) is 9.58. The van der Waals surface area contributed by atoms with E-state index in [1.807, 2.05) is 12.1 Å². The molecule has 114 valence electrons. The Morgan fingerprint density at radius 2 is 1.82 bits per heavy atom. The molecule has 0 spiro atoms. The van der Waals surface area contributed by atoms with Gasteiger partial charge in [-0.3, -0.25) is 4.79 Å². The van der Waals surface area contributed by atoms with Gasteiger partial charge in [0.15, 0.2) is 18.0 Å². The monoisotopic (exact) mass is 300 g/mol. The molecular formula is C17H16O5. The van der Waals surface area contributed by atoms with Crippen molar-refractivity contribution < 1.29 is 24.1 Å². The molecule has 2 aromatic rings. The third kappa shape index (κ3) is 2.40. The molecule has 5 nitrogen and oxygen atoms in total. The minimum absolute atomic E-state index is 0.0518. The number of Topliss-reactive ketones (excluding diaryl/α,β-unsaturated/α-hetero) is 1. The SMILES string of the molecule is COc1ccc(C2Oc3cc(O)ccc3C(=O)C2OC)cc1. The lowest BCUT2D eigenvalue weighted by molar-refractivity contribution is -0.000687. The van der Waals surface area contributed by atoms with Crippen molar-refractivity contribution in [2.24, 2.45) is 0 Å². The first-order valence-electron chi connectivity index (χ1n) is 6.84. The highest BCUT2D eigenvalue weighted by molar-refractivity contribution is 6.03. The molecule has 0 saturated carbocycles. The van der Waals surface area contributed by atoms with Crippen LogP contribution in [0.25, 0.3) is 0 Å². The second kappa shape index (κ2) is 5.69. The summed E-state index contributed by atoms with van der Waals surface area (Å²) in [6.07, 6.45) is -1.30. The Labute approximate surface area is 128 Å². The number of fused-ring (bicyclic) bond motifs is 1. The number of phenolic OH excluding ortho intramolecular Hbond substituents is 1. The summed E-state index contributed by atoms with van der Waals surface area (Å²) in [6.45, 7) is 0. The molecule has 2 unspecified atom stereocenters. The van der Waals surface area contributed by atoms with Crippen LogP contribution in [-0.2, 0) is 4.74 Å². The maximum absolute atomic E-state index is 12.6. The number of aromatic hydroxyl groups is 1. The maximum atomic E-state index is 12.6. The Bertz CT molecular complexity index is 693. The van der Waals surface area contributed by atoms with Gasteiger partial charge in [-0.25, -0.2) is 0 Å². The lowest BCUT2D eigenvalue weighted by Crippen LogP contribution is -2.37. The second-order valence-corrected chi connectivity index (χ2v) is 5.01. The third-order valence-corrected chi connectivity index (χ3v) is 3.72. The van der Waals surface area contributed by atoms with Crippen molar-refractivity contribution in [1.29, 1.82) is 0 Å². The molecule has 0 aromatic heterocycles. The van der Waals surface area contributed by atoms with Gasteiger partial charge >= 0.3 is 0 Å². The van der Waals surface area contributed by atoms with E-state index >= 15 is 0 Å². The van der Waals surface area contributed by atoms with E-state index < -0.39 is 12.2 Å². The number of rotatable bonds is 3. The molecule has 0 aliphatic carbocycles. The van der Waals surface area contributed by atoms with Crippen LogP contribution < -0.4 is 9.47 Å². The predicted molar refractivity (Wildman–Crippen MR) is 79.6 cm³/mol. The Balaban J connectivity index is 2.01. The van der Waals surface area contributed by atoms with Crippen molar-refractivity contribution in [3.05, 3.63) is 53.6 Å². The zero-order valence-corrected chi connectivity index (χ0v) is 12.3. The van der Waals surface area contributed by atoms with Gasteiger partial charge in [0.25, 0.3) is 0 Å². The van der Waals surface area contributed by atoms with Gasteiger partial charge in [-0.1, -0.05) is 12.1 Å². The van der Waals surface area contributed by atoms with Gasteiger partial charge in [-0.15, -0.1) is 0 Å². The summed E-state index contributed by atoms with van der Waals surface area (Å²) in [5.41, 5.74) is 1.21. The van der Waals surface area contributed by atoms with Crippen LogP contribution in [0, 0.1) is 0 Å².